The van der Waals surface area contributed by atoms with E-state index in [4.69, 9.17) is 0 Å². The van der Waals surface area contributed by atoms with Crippen LogP contribution in [-0.2, 0) is 12.0 Å². The van der Waals surface area contributed by atoms with Crippen molar-refractivity contribution in [3.63, 3.8) is 0 Å². The first-order chi connectivity index (χ1) is 6.68. The molecule has 84 valence electrons. The van der Waals surface area contributed by atoms with Gasteiger partial charge in [-0.2, -0.15) is 0 Å². The fourth-order valence-electron chi connectivity index (χ4n) is 1.42. The molecule has 0 amide bonds. The van der Waals surface area contributed by atoms with Crippen LogP contribution in [0.1, 0.15) is 31.9 Å². The fourth-order valence-corrected chi connectivity index (χ4v) is 1.42. The molecular formula is C12H16F2O. The second-order valence-electron chi connectivity index (χ2n) is 4.51. The van der Waals surface area contributed by atoms with Crippen LogP contribution < -0.4 is 0 Å². The summed E-state index contributed by atoms with van der Waals surface area (Å²) in [4.78, 5) is 0. The lowest BCUT2D eigenvalue weighted by molar-refractivity contribution is 0.0223. The molecule has 0 bridgehead atoms. The first-order valence-corrected chi connectivity index (χ1v) is 4.88. The van der Waals surface area contributed by atoms with Crippen LogP contribution in [0.25, 0.3) is 0 Å². The minimum atomic E-state index is -2.71. The molecule has 0 aromatic heterocycles. The molecule has 15 heavy (non-hydrogen) atoms. The quantitative estimate of drug-likeness (QED) is 0.819. The lowest BCUT2D eigenvalue weighted by atomic mass is 9.95. The monoisotopic (exact) mass is 214 g/mol. The second kappa shape index (κ2) is 3.89. The van der Waals surface area contributed by atoms with Crippen LogP contribution in [0, 0.1) is 0 Å². The van der Waals surface area contributed by atoms with Crippen LogP contribution in [0.4, 0.5) is 8.78 Å². The summed E-state index contributed by atoms with van der Waals surface area (Å²) in [6.07, 6.45) is -0.295. The number of aliphatic hydroxyl groups is 1. The maximum atomic E-state index is 12.8. The Bertz CT molecular complexity index is 334. The summed E-state index contributed by atoms with van der Waals surface area (Å²) in [5.41, 5.74) is 0.213. The van der Waals surface area contributed by atoms with Crippen LogP contribution in [0.5, 0.6) is 0 Å². The van der Waals surface area contributed by atoms with E-state index in [-0.39, 0.29) is 6.42 Å². The van der Waals surface area contributed by atoms with Gasteiger partial charge in [-0.1, -0.05) is 24.3 Å². The topological polar surface area (TPSA) is 20.2 Å². The van der Waals surface area contributed by atoms with Crippen LogP contribution in [0.15, 0.2) is 24.3 Å². The zero-order valence-corrected chi connectivity index (χ0v) is 9.22. The highest BCUT2D eigenvalue weighted by Gasteiger charge is 2.23. The molecule has 0 heterocycles. The Morgan fingerprint density at radius 1 is 1.20 bits per heavy atom. The molecule has 0 atom stereocenters. The van der Waals surface area contributed by atoms with E-state index in [1.807, 2.05) is 0 Å². The predicted molar refractivity (Wildman–Crippen MR) is 56.0 cm³/mol. The zero-order chi connectivity index (χ0) is 11.7. The molecule has 0 spiro atoms. The molecular weight excluding hydrogens is 198 g/mol. The van der Waals surface area contributed by atoms with E-state index in [9.17, 15) is 13.9 Å². The first-order valence-electron chi connectivity index (χ1n) is 4.88. The number of halogens is 2. The van der Waals surface area contributed by atoms with Crippen LogP contribution in [0.3, 0.4) is 0 Å². The first kappa shape index (κ1) is 12.1. The van der Waals surface area contributed by atoms with Gasteiger partial charge in [0.25, 0.3) is 0 Å². The lowest BCUT2D eigenvalue weighted by Gasteiger charge is -2.19. The van der Waals surface area contributed by atoms with Gasteiger partial charge in [0.2, 0.25) is 5.92 Å². The lowest BCUT2D eigenvalue weighted by Crippen LogP contribution is -2.17. The van der Waals surface area contributed by atoms with Gasteiger partial charge in [0.1, 0.15) is 0 Å². The third-order valence-electron chi connectivity index (χ3n) is 2.15. The smallest absolute Gasteiger partial charge is 0.249 e. The molecule has 1 aromatic rings. The molecule has 3 heteroatoms. The van der Waals surface area contributed by atoms with E-state index in [0.717, 1.165) is 6.92 Å². The molecule has 0 aliphatic carbocycles. The normalized spacial score (nSPS) is 12.9. The average molecular weight is 214 g/mol. The molecule has 1 nitrogen and oxygen atoms in total. The molecule has 1 N–H and O–H groups in total. The predicted octanol–water partition coefficient (Wildman–Crippen LogP) is 3.11. The van der Waals surface area contributed by atoms with E-state index in [2.05, 4.69) is 0 Å². The highest BCUT2D eigenvalue weighted by Crippen LogP contribution is 2.24. The van der Waals surface area contributed by atoms with E-state index in [1.165, 1.54) is 0 Å². The highest BCUT2D eigenvalue weighted by molar-refractivity contribution is 5.27. The molecule has 0 unspecified atom stereocenters. The third kappa shape index (κ3) is 3.96. The van der Waals surface area contributed by atoms with Crippen LogP contribution in [0.2, 0.25) is 0 Å². The Morgan fingerprint density at radius 2 is 1.80 bits per heavy atom. The Balaban J connectivity index is 2.94. The molecule has 1 rings (SSSR count). The van der Waals surface area contributed by atoms with Gasteiger partial charge in [-0.15, -0.1) is 0 Å². The van der Waals surface area contributed by atoms with Gasteiger partial charge in [0.05, 0.1) is 5.60 Å². The Labute approximate surface area is 88.7 Å². The Hall–Kier alpha value is -0.960. The average Bonchev–Trinajstić information content (AvgIpc) is 1.99. The minimum Gasteiger partial charge on any atom is -0.386 e. The van der Waals surface area contributed by atoms with Crippen molar-refractivity contribution in [3.05, 3.63) is 35.4 Å². The molecule has 0 fully saturated rings. The van der Waals surface area contributed by atoms with Crippen molar-refractivity contribution < 1.29 is 13.9 Å². The Kier molecular flexibility index (Phi) is 3.14. The summed E-state index contributed by atoms with van der Waals surface area (Å²) in [6, 6.07) is 6.69. The van der Waals surface area contributed by atoms with Crippen molar-refractivity contribution in [2.24, 2.45) is 0 Å². The minimum absolute atomic E-state index is 0.295. The number of rotatable bonds is 3. The van der Waals surface area contributed by atoms with Gasteiger partial charge >= 0.3 is 0 Å². The van der Waals surface area contributed by atoms with Gasteiger partial charge in [0.15, 0.2) is 0 Å². The summed E-state index contributed by atoms with van der Waals surface area (Å²) < 4.78 is 25.5. The van der Waals surface area contributed by atoms with Crippen molar-refractivity contribution in [2.75, 3.05) is 0 Å². The molecule has 0 saturated heterocycles. The van der Waals surface area contributed by atoms with E-state index in [1.54, 1.807) is 38.1 Å². The summed E-state index contributed by atoms with van der Waals surface area (Å²) in [6.45, 7) is 4.16. The highest BCUT2D eigenvalue weighted by atomic mass is 19.3. The largest absolute Gasteiger partial charge is 0.386 e. The van der Waals surface area contributed by atoms with Crippen molar-refractivity contribution >= 4 is 0 Å². The van der Waals surface area contributed by atoms with E-state index in [0.29, 0.717) is 11.1 Å². The number of hydrogen-bond acceptors (Lipinski definition) is 1. The van der Waals surface area contributed by atoms with Crippen molar-refractivity contribution in [1.82, 2.24) is 0 Å². The van der Waals surface area contributed by atoms with Crippen molar-refractivity contribution in [1.29, 1.82) is 0 Å². The second-order valence-corrected chi connectivity index (χ2v) is 4.51. The van der Waals surface area contributed by atoms with Crippen molar-refractivity contribution in [2.45, 2.75) is 38.7 Å². The van der Waals surface area contributed by atoms with Gasteiger partial charge in [-0.25, -0.2) is 8.78 Å². The molecule has 0 radical (unpaired) electrons. The maximum Gasteiger partial charge on any atom is 0.249 e. The number of alkyl halides is 2. The van der Waals surface area contributed by atoms with Crippen LogP contribution in [-0.4, -0.2) is 11.0 Å². The molecule has 0 aliphatic rings. The van der Waals surface area contributed by atoms with Gasteiger partial charge in [0, 0.05) is 6.42 Å². The van der Waals surface area contributed by atoms with Gasteiger partial charge in [-0.05, 0) is 31.9 Å². The molecule has 1 aromatic carbocycles. The van der Waals surface area contributed by atoms with Crippen molar-refractivity contribution in [3.8, 4) is 0 Å². The molecule has 0 saturated carbocycles. The fraction of sp³-hybridized carbons (Fsp3) is 0.500. The van der Waals surface area contributed by atoms with E-state index < -0.39 is 11.5 Å². The standard InChI is InChI=1S/C12H16F2O/c1-11(2,15)10-6-4-5-9(7-10)8-12(3,13)14/h4-7,15H,8H2,1-3H3. The zero-order valence-electron chi connectivity index (χ0n) is 9.22. The summed E-state index contributed by atoms with van der Waals surface area (Å²) in [7, 11) is 0. The van der Waals surface area contributed by atoms with Gasteiger partial charge in [-0.3, -0.25) is 0 Å². The third-order valence-corrected chi connectivity index (χ3v) is 2.15. The summed E-state index contributed by atoms with van der Waals surface area (Å²) in [5.74, 6) is -2.71. The van der Waals surface area contributed by atoms with Gasteiger partial charge < -0.3 is 5.11 Å². The maximum absolute atomic E-state index is 12.8. The number of hydrogen-bond donors (Lipinski definition) is 1. The summed E-state index contributed by atoms with van der Waals surface area (Å²) in [5, 5.41) is 9.72. The summed E-state index contributed by atoms with van der Waals surface area (Å²) >= 11 is 0. The Morgan fingerprint density at radius 3 is 2.27 bits per heavy atom. The van der Waals surface area contributed by atoms with E-state index >= 15 is 0 Å². The molecule has 0 aliphatic heterocycles. The SMILES string of the molecule is CC(F)(F)Cc1cccc(C(C)(C)O)c1. The van der Waals surface area contributed by atoms with Crippen LogP contribution >= 0.6 is 0 Å². The number of benzene rings is 1.